The van der Waals surface area contributed by atoms with Gasteiger partial charge in [0.25, 0.3) is 0 Å². The first kappa shape index (κ1) is 19.8. The maximum atomic E-state index is 6.00. The Morgan fingerprint density at radius 1 is 1.15 bits per heavy atom. The number of guanidine groups is 1. The zero-order chi connectivity index (χ0) is 18.5. The number of rotatable bonds is 4. The van der Waals surface area contributed by atoms with Crippen LogP contribution in [-0.4, -0.2) is 111 Å². The van der Waals surface area contributed by atoms with Crippen molar-refractivity contribution >= 4 is 17.7 Å². The summed E-state index contributed by atoms with van der Waals surface area (Å²) in [5, 5.41) is 3.71. The lowest BCUT2D eigenvalue weighted by molar-refractivity contribution is -0.0818. The van der Waals surface area contributed by atoms with E-state index in [0.717, 1.165) is 78.0 Å². The van der Waals surface area contributed by atoms with E-state index in [-0.39, 0.29) is 17.7 Å². The standard InChI is InChI=1S/C19H34N4O3S/c1-20-18(22-5-11-26-17(13-22)16-3-2-8-25-16)21-14-19(4-12-27-15-19)23-6-9-24-10-7-23/h16-17H,2-15H2,1H3,(H,20,21). The minimum Gasteiger partial charge on any atom is -0.379 e. The predicted molar refractivity (Wildman–Crippen MR) is 109 cm³/mol. The lowest BCUT2D eigenvalue weighted by Crippen LogP contribution is -2.61. The summed E-state index contributed by atoms with van der Waals surface area (Å²) in [5.41, 5.74) is 0.227. The Morgan fingerprint density at radius 3 is 2.70 bits per heavy atom. The fraction of sp³-hybridized carbons (Fsp3) is 0.947. The topological polar surface area (TPSA) is 58.6 Å². The SMILES string of the molecule is CN=C(NCC1(N2CCOCC2)CCSC1)N1CCOC(C2CCCO2)C1. The highest BCUT2D eigenvalue weighted by atomic mass is 32.2. The quantitative estimate of drug-likeness (QED) is 0.551. The van der Waals surface area contributed by atoms with Gasteiger partial charge in [-0.15, -0.1) is 0 Å². The summed E-state index contributed by atoms with van der Waals surface area (Å²) < 4.78 is 17.4. The van der Waals surface area contributed by atoms with Crippen LogP contribution >= 0.6 is 11.8 Å². The largest absolute Gasteiger partial charge is 0.379 e. The molecule has 154 valence electrons. The van der Waals surface area contributed by atoms with Gasteiger partial charge in [0.1, 0.15) is 6.10 Å². The molecule has 8 heteroatoms. The van der Waals surface area contributed by atoms with Gasteiger partial charge in [0.05, 0.1) is 25.9 Å². The molecule has 0 amide bonds. The molecule has 27 heavy (non-hydrogen) atoms. The van der Waals surface area contributed by atoms with Crippen LogP contribution in [0.25, 0.3) is 0 Å². The molecule has 0 aliphatic carbocycles. The third-order valence-electron chi connectivity index (χ3n) is 6.32. The number of aliphatic imine (C=N–C) groups is 1. The van der Waals surface area contributed by atoms with E-state index < -0.39 is 0 Å². The number of hydrogen-bond acceptors (Lipinski definition) is 6. The second-order valence-electron chi connectivity index (χ2n) is 7.93. The average Bonchev–Trinajstić information content (AvgIpc) is 3.42. The van der Waals surface area contributed by atoms with Crippen LogP contribution in [0.15, 0.2) is 4.99 Å². The smallest absolute Gasteiger partial charge is 0.193 e. The van der Waals surface area contributed by atoms with E-state index in [1.807, 2.05) is 7.05 Å². The van der Waals surface area contributed by atoms with Gasteiger partial charge >= 0.3 is 0 Å². The molecule has 7 nitrogen and oxygen atoms in total. The van der Waals surface area contributed by atoms with Gasteiger partial charge in [-0.05, 0) is 25.0 Å². The normalized spacial score (nSPS) is 36.3. The molecule has 0 spiro atoms. The molecule has 0 radical (unpaired) electrons. The zero-order valence-electron chi connectivity index (χ0n) is 16.5. The summed E-state index contributed by atoms with van der Waals surface area (Å²) in [4.78, 5) is 9.59. The van der Waals surface area contributed by atoms with E-state index >= 15 is 0 Å². The van der Waals surface area contributed by atoms with Gasteiger partial charge < -0.3 is 24.4 Å². The van der Waals surface area contributed by atoms with Crippen molar-refractivity contribution in [3.63, 3.8) is 0 Å². The van der Waals surface area contributed by atoms with Crippen LogP contribution in [0.3, 0.4) is 0 Å². The first-order chi connectivity index (χ1) is 13.3. The fourth-order valence-corrected chi connectivity index (χ4v) is 6.18. The number of hydrogen-bond donors (Lipinski definition) is 1. The zero-order valence-corrected chi connectivity index (χ0v) is 17.3. The molecule has 4 rings (SSSR count). The van der Waals surface area contributed by atoms with Crippen molar-refractivity contribution in [2.45, 2.75) is 37.0 Å². The maximum Gasteiger partial charge on any atom is 0.193 e. The molecule has 0 bridgehead atoms. The van der Waals surface area contributed by atoms with Crippen molar-refractivity contribution in [3.05, 3.63) is 0 Å². The molecule has 0 saturated carbocycles. The third-order valence-corrected chi connectivity index (χ3v) is 7.56. The van der Waals surface area contributed by atoms with E-state index in [2.05, 4.69) is 31.9 Å². The number of nitrogens with zero attached hydrogens (tertiary/aromatic N) is 3. The molecular weight excluding hydrogens is 364 g/mol. The van der Waals surface area contributed by atoms with Gasteiger partial charge in [0.2, 0.25) is 0 Å². The highest BCUT2D eigenvalue weighted by Gasteiger charge is 2.41. The summed E-state index contributed by atoms with van der Waals surface area (Å²) in [6, 6.07) is 0. The number of nitrogens with one attached hydrogen (secondary N) is 1. The lowest BCUT2D eigenvalue weighted by Gasteiger charge is -2.44. The molecule has 3 unspecified atom stereocenters. The molecule has 0 aromatic rings. The van der Waals surface area contributed by atoms with Crippen molar-refractivity contribution in [1.29, 1.82) is 0 Å². The monoisotopic (exact) mass is 398 g/mol. The average molecular weight is 399 g/mol. The molecule has 4 fully saturated rings. The fourth-order valence-electron chi connectivity index (χ4n) is 4.70. The van der Waals surface area contributed by atoms with Crippen molar-refractivity contribution in [2.75, 3.05) is 77.7 Å². The van der Waals surface area contributed by atoms with Crippen molar-refractivity contribution in [1.82, 2.24) is 15.1 Å². The lowest BCUT2D eigenvalue weighted by atomic mass is 9.95. The molecule has 1 N–H and O–H groups in total. The van der Waals surface area contributed by atoms with Crippen LogP contribution in [-0.2, 0) is 14.2 Å². The number of thioether (sulfide) groups is 1. The van der Waals surface area contributed by atoms with Crippen molar-refractivity contribution in [2.24, 2.45) is 4.99 Å². The van der Waals surface area contributed by atoms with Crippen molar-refractivity contribution in [3.8, 4) is 0 Å². The molecule has 0 aromatic heterocycles. The summed E-state index contributed by atoms with van der Waals surface area (Å²) in [5.74, 6) is 3.44. The van der Waals surface area contributed by atoms with Crippen LogP contribution in [0.4, 0.5) is 0 Å². The summed E-state index contributed by atoms with van der Waals surface area (Å²) in [6.45, 7) is 8.12. The molecule has 3 atom stereocenters. The van der Waals surface area contributed by atoms with Crippen LogP contribution in [0, 0.1) is 0 Å². The van der Waals surface area contributed by atoms with E-state index in [1.54, 1.807) is 0 Å². The highest BCUT2D eigenvalue weighted by Crippen LogP contribution is 2.33. The third kappa shape index (κ3) is 4.56. The minimum absolute atomic E-state index is 0.162. The number of morpholine rings is 2. The van der Waals surface area contributed by atoms with Gasteiger partial charge in [-0.2, -0.15) is 11.8 Å². The Balaban J connectivity index is 1.36. The Hall–Kier alpha value is -0.540. The molecule has 4 aliphatic heterocycles. The minimum atomic E-state index is 0.162. The Bertz CT molecular complexity index is 503. The van der Waals surface area contributed by atoms with Crippen LogP contribution < -0.4 is 5.32 Å². The van der Waals surface area contributed by atoms with Crippen LogP contribution in [0.1, 0.15) is 19.3 Å². The summed E-state index contributed by atoms with van der Waals surface area (Å²) in [6.07, 6.45) is 3.91. The van der Waals surface area contributed by atoms with E-state index in [9.17, 15) is 0 Å². The molecular formula is C19H34N4O3S. The van der Waals surface area contributed by atoms with Crippen molar-refractivity contribution < 1.29 is 14.2 Å². The Kier molecular flexibility index (Phi) is 6.81. The molecule has 4 aliphatic rings. The second kappa shape index (κ2) is 9.31. The van der Waals surface area contributed by atoms with Gasteiger partial charge in [-0.25, -0.2) is 0 Å². The molecule has 4 saturated heterocycles. The maximum absolute atomic E-state index is 6.00. The van der Waals surface area contributed by atoms with Crippen LogP contribution in [0.5, 0.6) is 0 Å². The Labute approximate surface area is 167 Å². The first-order valence-electron chi connectivity index (χ1n) is 10.4. The van der Waals surface area contributed by atoms with Gasteiger partial charge in [0.15, 0.2) is 5.96 Å². The predicted octanol–water partition coefficient (Wildman–Crippen LogP) is 0.650. The Morgan fingerprint density at radius 2 is 2.00 bits per heavy atom. The van der Waals surface area contributed by atoms with E-state index in [4.69, 9.17) is 14.2 Å². The first-order valence-corrected chi connectivity index (χ1v) is 11.6. The van der Waals surface area contributed by atoms with Gasteiger partial charge in [0, 0.05) is 57.7 Å². The van der Waals surface area contributed by atoms with E-state index in [0.29, 0.717) is 0 Å². The summed E-state index contributed by atoms with van der Waals surface area (Å²) >= 11 is 2.07. The molecule has 4 heterocycles. The highest BCUT2D eigenvalue weighted by molar-refractivity contribution is 7.99. The second-order valence-corrected chi connectivity index (χ2v) is 9.04. The summed E-state index contributed by atoms with van der Waals surface area (Å²) in [7, 11) is 1.89. The van der Waals surface area contributed by atoms with Crippen LogP contribution in [0.2, 0.25) is 0 Å². The van der Waals surface area contributed by atoms with E-state index in [1.165, 1.54) is 17.9 Å². The van der Waals surface area contributed by atoms with Gasteiger partial charge in [-0.1, -0.05) is 0 Å². The van der Waals surface area contributed by atoms with Gasteiger partial charge in [-0.3, -0.25) is 9.89 Å². The number of ether oxygens (including phenoxy) is 3. The molecule has 0 aromatic carbocycles.